The molecule has 1 aliphatic heterocycles. The number of carbonyl (C=O) groups excluding carboxylic acids is 1. The average molecular weight is 491 g/mol. The molecule has 3 rings (SSSR count). The van der Waals surface area contributed by atoms with E-state index in [0.29, 0.717) is 49.8 Å². The maximum absolute atomic E-state index is 11.9. The Balaban J connectivity index is 1.74. The number of benzene rings is 1. The lowest BCUT2D eigenvalue weighted by atomic mass is 10.1. The minimum Gasteiger partial charge on any atom is -0.493 e. The van der Waals surface area contributed by atoms with E-state index in [4.69, 9.17) is 18.9 Å². The fourth-order valence-corrected chi connectivity index (χ4v) is 3.82. The SMILES string of the molecule is CCOC(=O)N1CCC(Nc2ncnc(NCc3cc(OC)c(OC)c(OC)c3)c2[N+](=O)[O-])CC1. The second kappa shape index (κ2) is 11.9. The van der Waals surface area contributed by atoms with Gasteiger partial charge in [-0.05, 0) is 37.5 Å². The first-order valence-corrected chi connectivity index (χ1v) is 11.1. The molecule has 1 aromatic heterocycles. The summed E-state index contributed by atoms with van der Waals surface area (Å²) in [5, 5.41) is 18.1. The number of hydrogen-bond acceptors (Lipinski definition) is 11. The van der Waals surface area contributed by atoms with Crippen molar-refractivity contribution in [1.82, 2.24) is 14.9 Å². The third-order valence-corrected chi connectivity index (χ3v) is 5.55. The third kappa shape index (κ3) is 6.11. The molecule has 0 atom stereocenters. The molecular formula is C22H30N6O7. The number of ether oxygens (including phenoxy) is 4. The summed E-state index contributed by atoms with van der Waals surface area (Å²) in [6.07, 6.45) is 2.13. The number of methoxy groups -OCH3 is 3. The van der Waals surface area contributed by atoms with Gasteiger partial charge < -0.3 is 34.5 Å². The Hall–Kier alpha value is -4.03. The monoisotopic (exact) mass is 490 g/mol. The van der Waals surface area contributed by atoms with Crippen molar-refractivity contribution in [3.05, 3.63) is 34.1 Å². The average Bonchev–Trinajstić information content (AvgIpc) is 2.87. The van der Waals surface area contributed by atoms with Gasteiger partial charge in [0.05, 0.1) is 32.9 Å². The van der Waals surface area contributed by atoms with Gasteiger partial charge >= 0.3 is 11.8 Å². The van der Waals surface area contributed by atoms with Crippen molar-refractivity contribution in [1.29, 1.82) is 0 Å². The van der Waals surface area contributed by atoms with Crippen molar-refractivity contribution < 1.29 is 28.7 Å². The number of likely N-dealkylation sites (tertiary alicyclic amines) is 1. The highest BCUT2D eigenvalue weighted by Gasteiger charge is 2.28. The van der Waals surface area contributed by atoms with Crippen LogP contribution < -0.4 is 24.8 Å². The summed E-state index contributed by atoms with van der Waals surface area (Å²) in [4.78, 5) is 33.1. The zero-order chi connectivity index (χ0) is 25.4. The van der Waals surface area contributed by atoms with E-state index in [2.05, 4.69) is 20.6 Å². The van der Waals surface area contributed by atoms with Crippen LogP contribution >= 0.6 is 0 Å². The van der Waals surface area contributed by atoms with Gasteiger partial charge in [0.1, 0.15) is 6.33 Å². The molecular weight excluding hydrogens is 460 g/mol. The number of amides is 1. The van der Waals surface area contributed by atoms with E-state index in [9.17, 15) is 14.9 Å². The van der Waals surface area contributed by atoms with Crippen LogP contribution in [0.5, 0.6) is 17.2 Å². The highest BCUT2D eigenvalue weighted by atomic mass is 16.6. The van der Waals surface area contributed by atoms with Gasteiger partial charge in [0.25, 0.3) is 0 Å². The molecule has 2 heterocycles. The molecule has 0 unspecified atom stereocenters. The van der Waals surface area contributed by atoms with E-state index in [1.165, 1.54) is 27.7 Å². The van der Waals surface area contributed by atoms with Gasteiger partial charge in [-0.2, -0.15) is 0 Å². The zero-order valence-corrected chi connectivity index (χ0v) is 20.2. The van der Waals surface area contributed by atoms with E-state index >= 15 is 0 Å². The Bertz CT molecular complexity index is 1020. The summed E-state index contributed by atoms with van der Waals surface area (Å²) in [6, 6.07) is 3.41. The molecule has 0 radical (unpaired) electrons. The Morgan fingerprint density at radius 3 is 2.29 bits per heavy atom. The van der Waals surface area contributed by atoms with E-state index in [1.807, 2.05) is 0 Å². The maximum atomic E-state index is 11.9. The van der Waals surface area contributed by atoms with Crippen LogP contribution in [0.4, 0.5) is 22.1 Å². The predicted octanol–water partition coefficient (Wildman–Crippen LogP) is 3.06. The van der Waals surface area contributed by atoms with Crippen molar-refractivity contribution >= 4 is 23.4 Å². The van der Waals surface area contributed by atoms with Gasteiger partial charge in [-0.3, -0.25) is 10.1 Å². The van der Waals surface area contributed by atoms with E-state index in [1.54, 1.807) is 24.0 Å². The summed E-state index contributed by atoms with van der Waals surface area (Å²) in [6.45, 7) is 3.26. The summed E-state index contributed by atoms with van der Waals surface area (Å²) < 4.78 is 21.1. The van der Waals surface area contributed by atoms with Crippen LogP contribution in [0.3, 0.4) is 0 Å². The zero-order valence-electron chi connectivity index (χ0n) is 20.2. The summed E-state index contributed by atoms with van der Waals surface area (Å²) in [7, 11) is 4.54. The number of hydrogen-bond donors (Lipinski definition) is 2. The Morgan fingerprint density at radius 2 is 1.74 bits per heavy atom. The number of nitro groups is 1. The van der Waals surface area contributed by atoms with Crippen LogP contribution in [0.25, 0.3) is 0 Å². The first-order chi connectivity index (χ1) is 16.9. The lowest BCUT2D eigenvalue weighted by Crippen LogP contribution is -2.42. The first kappa shape index (κ1) is 25.6. The normalized spacial score (nSPS) is 13.7. The molecule has 13 heteroatoms. The molecule has 2 N–H and O–H groups in total. The molecule has 0 spiro atoms. The first-order valence-electron chi connectivity index (χ1n) is 11.1. The number of piperidine rings is 1. The lowest BCUT2D eigenvalue weighted by Gasteiger charge is -2.31. The largest absolute Gasteiger partial charge is 0.493 e. The van der Waals surface area contributed by atoms with Gasteiger partial charge in [0.2, 0.25) is 17.4 Å². The Morgan fingerprint density at radius 1 is 1.11 bits per heavy atom. The van der Waals surface area contributed by atoms with Crippen LogP contribution in [-0.2, 0) is 11.3 Å². The molecule has 0 saturated carbocycles. The molecule has 35 heavy (non-hydrogen) atoms. The molecule has 190 valence electrons. The molecule has 0 aliphatic carbocycles. The molecule has 1 aliphatic rings. The van der Waals surface area contributed by atoms with Gasteiger partial charge in [0.15, 0.2) is 11.5 Å². The summed E-state index contributed by atoms with van der Waals surface area (Å²) >= 11 is 0. The van der Waals surface area contributed by atoms with Crippen LogP contribution in [0.2, 0.25) is 0 Å². The van der Waals surface area contributed by atoms with Crippen molar-refractivity contribution in [2.45, 2.75) is 32.4 Å². The lowest BCUT2D eigenvalue weighted by molar-refractivity contribution is -0.383. The quantitative estimate of drug-likeness (QED) is 0.373. The number of anilines is 2. The van der Waals surface area contributed by atoms with Crippen molar-refractivity contribution in [2.24, 2.45) is 0 Å². The van der Waals surface area contributed by atoms with Crippen LogP contribution in [0.15, 0.2) is 18.5 Å². The minimum atomic E-state index is -0.520. The molecule has 1 amide bonds. The van der Waals surface area contributed by atoms with Crippen LogP contribution in [0.1, 0.15) is 25.3 Å². The summed E-state index contributed by atoms with van der Waals surface area (Å²) in [5.41, 5.74) is 0.487. The van der Waals surface area contributed by atoms with Crippen molar-refractivity contribution in [2.75, 3.05) is 51.7 Å². The molecule has 0 bridgehead atoms. The topological polar surface area (TPSA) is 150 Å². The predicted molar refractivity (Wildman–Crippen MR) is 127 cm³/mol. The molecule has 1 fully saturated rings. The standard InChI is InChI=1S/C22H30N6O7/c1-5-35-22(29)27-8-6-15(7-9-27)26-21-18(28(30)31)20(24-13-25-21)23-12-14-10-16(32-2)19(34-4)17(11-14)33-3/h10-11,13,15H,5-9,12H2,1-4H3,(H2,23,24,25,26). The van der Waals surface area contributed by atoms with E-state index in [0.717, 1.165) is 5.56 Å². The number of nitrogens with one attached hydrogen (secondary N) is 2. The second-order valence-corrected chi connectivity index (χ2v) is 7.67. The van der Waals surface area contributed by atoms with Gasteiger partial charge in [-0.1, -0.05) is 0 Å². The fourth-order valence-electron chi connectivity index (χ4n) is 3.82. The van der Waals surface area contributed by atoms with E-state index < -0.39 is 4.92 Å². The van der Waals surface area contributed by atoms with Crippen LogP contribution in [-0.4, -0.2) is 73.0 Å². The smallest absolute Gasteiger partial charge is 0.409 e. The second-order valence-electron chi connectivity index (χ2n) is 7.67. The van der Waals surface area contributed by atoms with Gasteiger partial charge in [-0.15, -0.1) is 0 Å². The maximum Gasteiger partial charge on any atom is 0.409 e. The number of aromatic nitrogens is 2. The van der Waals surface area contributed by atoms with Gasteiger partial charge in [-0.25, -0.2) is 14.8 Å². The Kier molecular flexibility index (Phi) is 8.70. The number of carbonyl (C=O) groups is 1. The van der Waals surface area contributed by atoms with Crippen molar-refractivity contribution in [3.63, 3.8) is 0 Å². The fraction of sp³-hybridized carbons (Fsp3) is 0.500. The number of rotatable bonds is 10. The minimum absolute atomic E-state index is 0.0743. The van der Waals surface area contributed by atoms with E-state index in [-0.39, 0.29) is 36.0 Å². The van der Waals surface area contributed by atoms with Crippen LogP contribution in [0, 0.1) is 10.1 Å². The Labute approximate surface area is 202 Å². The third-order valence-electron chi connectivity index (χ3n) is 5.55. The molecule has 1 saturated heterocycles. The molecule has 13 nitrogen and oxygen atoms in total. The summed E-state index contributed by atoms with van der Waals surface area (Å²) in [5.74, 6) is 1.58. The highest BCUT2D eigenvalue weighted by Crippen LogP contribution is 2.38. The van der Waals surface area contributed by atoms with Gasteiger partial charge in [0, 0.05) is 25.7 Å². The molecule has 2 aromatic rings. The number of nitrogens with zero attached hydrogens (tertiary/aromatic N) is 4. The highest BCUT2D eigenvalue weighted by molar-refractivity contribution is 5.70. The molecule has 1 aromatic carbocycles. The van der Waals surface area contributed by atoms with Crippen molar-refractivity contribution in [3.8, 4) is 17.2 Å².